The van der Waals surface area contributed by atoms with Crippen LogP contribution < -0.4 is 20.1 Å². The number of hydrogen-bond donors (Lipinski definition) is 2. The number of likely N-dealkylation sites (N-methyl/N-ethyl adjacent to an activating group) is 1. The van der Waals surface area contributed by atoms with Crippen LogP contribution in [0.1, 0.15) is 20.8 Å². The van der Waals surface area contributed by atoms with Crippen molar-refractivity contribution in [3.05, 3.63) is 24.3 Å². The molecule has 0 saturated carbocycles. The fourth-order valence-electron chi connectivity index (χ4n) is 2.31. The molecular weight excluding hydrogens is 304 g/mol. The van der Waals surface area contributed by atoms with Crippen LogP contribution in [-0.2, 0) is 0 Å². The molecule has 0 aliphatic rings. The van der Waals surface area contributed by atoms with E-state index in [2.05, 4.69) is 34.4 Å². The van der Waals surface area contributed by atoms with E-state index in [-0.39, 0.29) is 6.10 Å². The van der Waals surface area contributed by atoms with E-state index in [4.69, 9.17) is 9.47 Å². The third-order valence-electron chi connectivity index (χ3n) is 3.79. The molecule has 0 spiro atoms. The minimum absolute atomic E-state index is 0.0115. The third kappa shape index (κ3) is 7.08. The summed E-state index contributed by atoms with van der Waals surface area (Å²) in [5.41, 5.74) is 0. The highest BCUT2D eigenvalue weighted by atomic mass is 16.5. The van der Waals surface area contributed by atoms with Crippen LogP contribution in [0, 0.1) is 0 Å². The zero-order valence-corrected chi connectivity index (χ0v) is 15.6. The molecule has 1 aromatic carbocycles. The van der Waals surface area contributed by atoms with Crippen LogP contribution in [0.3, 0.4) is 0 Å². The van der Waals surface area contributed by atoms with Gasteiger partial charge in [-0.1, -0.05) is 26.0 Å². The van der Waals surface area contributed by atoms with E-state index in [1.807, 2.05) is 31.2 Å². The number of benzene rings is 1. The van der Waals surface area contributed by atoms with Crippen LogP contribution in [0.5, 0.6) is 11.5 Å². The summed E-state index contributed by atoms with van der Waals surface area (Å²) in [5.74, 6) is 2.28. The second-order valence-electron chi connectivity index (χ2n) is 5.49. The third-order valence-corrected chi connectivity index (χ3v) is 3.79. The van der Waals surface area contributed by atoms with Gasteiger partial charge in [0.05, 0.1) is 13.7 Å². The largest absolute Gasteiger partial charge is 0.493 e. The summed E-state index contributed by atoms with van der Waals surface area (Å²) >= 11 is 0. The predicted octanol–water partition coefficient (Wildman–Crippen LogP) is 1.97. The van der Waals surface area contributed by atoms with Crippen molar-refractivity contribution < 1.29 is 9.47 Å². The van der Waals surface area contributed by atoms with E-state index in [0.717, 1.165) is 43.6 Å². The highest BCUT2D eigenvalue weighted by Crippen LogP contribution is 2.26. The van der Waals surface area contributed by atoms with Gasteiger partial charge in [-0.05, 0) is 32.1 Å². The molecular formula is C18H32N4O2. The van der Waals surface area contributed by atoms with E-state index in [1.54, 1.807) is 14.2 Å². The summed E-state index contributed by atoms with van der Waals surface area (Å²) in [5, 5.41) is 6.62. The minimum Gasteiger partial charge on any atom is -0.493 e. The normalized spacial score (nSPS) is 12.8. The molecule has 0 aliphatic heterocycles. The summed E-state index contributed by atoms with van der Waals surface area (Å²) in [6.45, 7) is 11.0. The van der Waals surface area contributed by atoms with Gasteiger partial charge in [-0.25, -0.2) is 0 Å². The summed E-state index contributed by atoms with van der Waals surface area (Å²) in [7, 11) is 3.42. The average molecular weight is 336 g/mol. The van der Waals surface area contributed by atoms with Crippen molar-refractivity contribution in [2.45, 2.75) is 26.9 Å². The van der Waals surface area contributed by atoms with Gasteiger partial charge in [-0.15, -0.1) is 0 Å². The first-order chi connectivity index (χ1) is 11.6. The van der Waals surface area contributed by atoms with E-state index in [1.165, 1.54) is 0 Å². The number of methoxy groups -OCH3 is 1. The van der Waals surface area contributed by atoms with Gasteiger partial charge in [0.2, 0.25) is 0 Å². The maximum absolute atomic E-state index is 5.93. The molecule has 0 aliphatic carbocycles. The van der Waals surface area contributed by atoms with Crippen molar-refractivity contribution in [3.8, 4) is 11.5 Å². The molecule has 0 fully saturated rings. The molecule has 1 aromatic rings. The van der Waals surface area contributed by atoms with Gasteiger partial charge in [0.1, 0.15) is 6.10 Å². The van der Waals surface area contributed by atoms with Crippen molar-refractivity contribution in [2.24, 2.45) is 4.99 Å². The summed E-state index contributed by atoms with van der Waals surface area (Å²) in [6.07, 6.45) is -0.0115. The molecule has 1 rings (SSSR count). The number of nitrogens with one attached hydrogen (secondary N) is 2. The van der Waals surface area contributed by atoms with Gasteiger partial charge in [0.15, 0.2) is 17.5 Å². The van der Waals surface area contributed by atoms with Crippen LogP contribution in [0.2, 0.25) is 0 Å². The molecule has 24 heavy (non-hydrogen) atoms. The van der Waals surface area contributed by atoms with Crippen molar-refractivity contribution in [2.75, 3.05) is 46.9 Å². The Hall–Kier alpha value is -1.95. The molecule has 0 heterocycles. The molecule has 0 bridgehead atoms. The Morgan fingerprint density at radius 1 is 1.17 bits per heavy atom. The SMILES string of the molecule is CCN(CC)CCNC(=NC)NCC(C)Oc1ccccc1OC. The molecule has 0 saturated heterocycles. The Morgan fingerprint density at radius 3 is 2.42 bits per heavy atom. The highest BCUT2D eigenvalue weighted by molar-refractivity contribution is 5.79. The number of guanidine groups is 1. The maximum Gasteiger partial charge on any atom is 0.191 e. The molecule has 136 valence electrons. The second-order valence-corrected chi connectivity index (χ2v) is 5.49. The van der Waals surface area contributed by atoms with E-state index < -0.39 is 0 Å². The van der Waals surface area contributed by atoms with Gasteiger partial charge in [-0.2, -0.15) is 0 Å². The molecule has 6 nitrogen and oxygen atoms in total. The quantitative estimate of drug-likeness (QED) is 0.505. The number of rotatable bonds is 10. The number of aliphatic imine (C=N–C) groups is 1. The summed E-state index contributed by atoms with van der Waals surface area (Å²) in [4.78, 5) is 6.61. The van der Waals surface area contributed by atoms with Crippen LogP contribution in [0.4, 0.5) is 0 Å². The smallest absolute Gasteiger partial charge is 0.191 e. The molecule has 6 heteroatoms. The van der Waals surface area contributed by atoms with Crippen LogP contribution in [0.15, 0.2) is 29.3 Å². The first-order valence-corrected chi connectivity index (χ1v) is 8.61. The fraction of sp³-hybridized carbons (Fsp3) is 0.611. The van der Waals surface area contributed by atoms with Crippen molar-refractivity contribution >= 4 is 5.96 Å². The van der Waals surface area contributed by atoms with Gasteiger partial charge in [-0.3, -0.25) is 4.99 Å². The Labute approximate surface area is 146 Å². The van der Waals surface area contributed by atoms with E-state index in [0.29, 0.717) is 6.54 Å². The Kier molecular flexibility index (Phi) is 9.68. The standard InChI is InChI=1S/C18H32N4O2/c1-6-22(7-2)13-12-20-18(19-4)21-14-15(3)24-17-11-9-8-10-16(17)23-5/h8-11,15H,6-7,12-14H2,1-5H3,(H2,19,20,21). The van der Waals surface area contributed by atoms with Crippen molar-refractivity contribution in [1.82, 2.24) is 15.5 Å². The number of nitrogens with zero attached hydrogens (tertiary/aromatic N) is 2. The molecule has 1 atom stereocenters. The van der Waals surface area contributed by atoms with Crippen LogP contribution in [0.25, 0.3) is 0 Å². The van der Waals surface area contributed by atoms with Crippen LogP contribution >= 0.6 is 0 Å². The number of para-hydroxylation sites is 2. The Bertz CT molecular complexity index is 490. The number of hydrogen-bond acceptors (Lipinski definition) is 4. The summed E-state index contributed by atoms with van der Waals surface area (Å²) in [6, 6.07) is 7.66. The van der Waals surface area contributed by atoms with Gasteiger partial charge >= 0.3 is 0 Å². The lowest BCUT2D eigenvalue weighted by molar-refractivity contribution is 0.213. The second kappa shape index (κ2) is 11.6. The lowest BCUT2D eigenvalue weighted by Crippen LogP contribution is -2.44. The first-order valence-electron chi connectivity index (χ1n) is 8.61. The Balaban J connectivity index is 2.37. The molecule has 0 amide bonds. The number of ether oxygens (including phenoxy) is 2. The molecule has 0 radical (unpaired) electrons. The fourth-order valence-corrected chi connectivity index (χ4v) is 2.31. The van der Waals surface area contributed by atoms with Crippen molar-refractivity contribution in [1.29, 1.82) is 0 Å². The maximum atomic E-state index is 5.93. The van der Waals surface area contributed by atoms with Gasteiger partial charge in [0, 0.05) is 20.1 Å². The lowest BCUT2D eigenvalue weighted by atomic mass is 10.3. The minimum atomic E-state index is -0.0115. The zero-order chi connectivity index (χ0) is 17.8. The Morgan fingerprint density at radius 2 is 1.83 bits per heavy atom. The first kappa shape index (κ1) is 20.1. The van der Waals surface area contributed by atoms with Crippen LogP contribution in [-0.4, -0.2) is 63.8 Å². The van der Waals surface area contributed by atoms with Gasteiger partial charge in [0.25, 0.3) is 0 Å². The monoisotopic (exact) mass is 336 g/mol. The topological polar surface area (TPSA) is 58.1 Å². The molecule has 2 N–H and O–H groups in total. The van der Waals surface area contributed by atoms with Gasteiger partial charge < -0.3 is 25.0 Å². The average Bonchev–Trinajstić information content (AvgIpc) is 2.61. The molecule has 0 aromatic heterocycles. The van der Waals surface area contributed by atoms with E-state index >= 15 is 0 Å². The lowest BCUT2D eigenvalue weighted by Gasteiger charge is -2.21. The summed E-state index contributed by atoms with van der Waals surface area (Å²) < 4.78 is 11.2. The molecule has 1 unspecified atom stereocenters. The highest BCUT2D eigenvalue weighted by Gasteiger charge is 2.09. The zero-order valence-electron chi connectivity index (χ0n) is 15.6. The van der Waals surface area contributed by atoms with Crippen molar-refractivity contribution in [3.63, 3.8) is 0 Å². The predicted molar refractivity (Wildman–Crippen MR) is 100 cm³/mol. The van der Waals surface area contributed by atoms with E-state index in [9.17, 15) is 0 Å².